The summed E-state index contributed by atoms with van der Waals surface area (Å²) >= 11 is 6.31. The first-order valence-electron chi connectivity index (χ1n) is 15.5. The maximum Gasteiger partial charge on any atom is 0.264 e. The molecule has 2 aromatic carbocycles. The van der Waals surface area contributed by atoms with Crippen LogP contribution in [0.4, 0.5) is 5.69 Å². The van der Waals surface area contributed by atoms with Gasteiger partial charge in [-0.05, 0) is 113 Å². The number of carbonyl (C=O) groups excluding carboxylic acids is 2. The SMILES string of the molecule is C[C@@H]1[C@@H](C)C[C@H](N(C)C)CC(=O)[C@@H]2CC[C@H]2CN2CCCCc3cc(Cl)ccc3COc3ccc(cc32)C(=O)NS1(=O)=O. The Labute approximate surface area is 261 Å². The van der Waals surface area contributed by atoms with Crippen molar-refractivity contribution in [2.45, 2.75) is 76.7 Å². The highest BCUT2D eigenvalue weighted by molar-refractivity contribution is 7.90. The number of nitrogens with zero attached hydrogens (tertiary/aromatic N) is 2. The molecule has 5 atom stereocenters. The van der Waals surface area contributed by atoms with Crippen LogP contribution in [0.5, 0.6) is 5.75 Å². The minimum atomic E-state index is -3.97. The lowest BCUT2D eigenvalue weighted by Gasteiger charge is -2.41. The van der Waals surface area contributed by atoms with Crippen molar-refractivity contribution in [2.75, 3.05) is 32.1 Å². The standard InChI is InChI=1S/C33H44ClN3O5S/c1-21-15-28(36(3)4)18-31(38)29-12-9-25(29)19-37-14-6-5-7-23-16-27(34)11-8-26(23)20-42-32-13-10-24(17-30(32)37)33(39)35-43(40,41)22(21)2/h8,10-11,13,16-17,21-22,25,28-29H,5-7,9,12,14-15,18-20H2,1-4H3,(H,35,39)/t21-,22+,25-,28-,29+/m0/s1. The largest absolute Gasteiger partial charge is 0.487 e. The lowest BCUT2D eigenvalue weighted by Crippen LogP contribution is -2.45. The number of anilines is 1. The zero-order chi connectivity index (χ0) is 30.9. The Hall–Kier alpha value is -2.62. The van der Waals surface area contributed by atoms with Gasteiger partial charge in [0.2, 0.25) is 10.0 Å². The van der Waals surface area contributed by atoms with Crippen LogP contribution in [0.25, 0.3) is 0 Å². The summed E-state index contributed by atoms with van der Waals surface area (Å²) in [6, 6.07) is 10.9. The average molecular weight is 630 g/mol. The molecular weight excluding hydrogens is 586 g/mol. The number of ether oxygens (including phenoxy) is 1. The Kier molecular flexibility index (Phi) is 9.73. The quantitative estimate of drug-likeness (QED) is 0.447. The van der Waals surface area contributed by atoms with E-state index in [0.717, 1.165) is 55.5 Å². The predicted molar refractivity (Wildman–Crippen MR) is 170 cm³/mol. The summed E-state index contributed by atoms with van der Waals surface area (Å²) < 4.78 is 35.4. The van der Waals surface area contributed by atoms with Crippen molar-refractivity contribution in [3.05, 3.63) is 58.1 Å². The van der Waals surface area contributed by atoms with Gasteiger partial charge in [0.25, 0.3) is 5.91 Å². The highest BCUT2D eigenvalue weighted by Crippen LogP contribution is 2.40. The molecule has 5 rings (SSSR count). The van der Waals surface area contributed by atoms with Crippen LogP contribution >= 0.6 is 11.6 Å². The van der Waals surface area contributed by atoms with Gasteiger partial charge in [-0.2, -0.15) is 0 Å². The van der Waals surface area contributed by atoms with Crippen molar-refractivity contribution in [2.24, 2.45) is 17.8 Å². The molecule has 2 aliphatic heterocycles. The minimum Gasteiger partial charge on any atom is -0.487 e. The maximum atomic E-state index is 13.7. The Morgan fingerprint density at radius 2 is 1.81 bits per heavy atom. The lowest BCUT2D eigenvalue weighted by atomic mass is 9.69. The van der Waals surface area contributed by atoms with Gasteiger partial charge >= 0.3 is 0 Å². The first-order valence-corrected chi connectivity index (χ1v) is 17.4. The number of hydrogen-bond acceptors (Lipinski definition) is 7. The van der Waals surface area contributed by atoms with Crippen LogP contribution < -0.4 is 14.4 Å². The van der Waals surface area contributed by atoms with Gasteiger partial charge in [0.15, 0.2) is 0 Å². The number of carbonyl (C=O) groups is 2. The second-order valence-corrected chi connectivity index (χ2v) is 15.4. The van der Waals surface area contributed by atoms with E-state index in [0.29, 0.717) is 36.8 Å². The monoisotopic (exact) mass is 629 g/mol. The Balaban J connectivity index is 1.54. The second-order valence-electron chi connectivity index (χ2n) is 12.9. The third-order valence-electron chi connectivity index (χ3n) is 9.86. The fourth-order valence-corrected chi connectivity index (χ4v) is 8.12. The van der Waals surface area contributed by atoms with E-state index in [1.54, 1.807) is 25.1 Å². The Morgan fingerprint density at radius 1 is 1.02 bits per heavy atom. The number of rotatable bonds is 1. The number of ketones is 1. The number of nitrogens with one attached hydrogen (secondary N) is 1. The zero-order valence-electron chi connectivity index (χ0n) is 25.6. The van der Waals surface area contributed by atoms with Crippen molar-refractivity contribution < 1.29 is 22.7 Å². The van der Waals surface area contributed by atoms with E-state index in [1.807, 2.05) is 44.1 Å². The van der Waals surface area contributed by atoms with Crippen LogP contribution in [0.1, 0.15) is 73.9 Å². The number of benzene rings is 2. The number of fused-ring (bicyclic) bond motifs is 3. The molecule has 2 bridgehead atoms. The molecule has 0 aromatic heterocycles. The Bertz CT molecular complexity index is 1460. The van der Waals surface area contributed by atoms with Gasteiger partial charge in [-0.25, -0.2) is 13.1 Å². The molecule has 0 radical (unpaired) electrons. The predicted octanol–water partition coefficient (Wildman–Crippen LogP) is 5.47. The number of Topliss-reactive ketones (excluding diaryl/α,β-unsaturated/α-hetero) is 1. The van der Waals surface area contributed by atoms with Crippen LogP contribution in [-0.4, -0.2) is 63.5 Å². The number of hydrogen-bond donors (Lipinski definition) is 1. The van der Waals surface area contributed by atoms with Crippen molar-refractivity contribution in [1.82, 2.24) is 9.62 Å². The highest BCUT2D eigenvalue weighted by Gasteiger charge is 2.39. The number of sulfonamides is 1. The van der Waals surface area contributed by atoms with Gasteiger partial charge in [-0.1, -0.05) is 24.6 Å². The van der Waals surface area contributed by atoms with E-state index in [-0.39, 0.29) is 35.1 Å². The first kappa shape index (κ1) is 31.8. The molecule has 1 aliphatic carbocycles. The summed E-state index contributed by atoms with van der Waals surface area (Å²) in [6.07, 6.45) is 5.52. The lowest BCUT2D eigenvalue weighted by molar-refractivity contribution is -0.129. The topological polar surface area (TPSA) is 96.0 Å². The molecule has 0 saturated heterocycles. The summed E-state index contributed by atoms with van der Waals surface area (Å²) in [6.45, 7) is 5.26. The van der Waals surface area contributed by atoms with E-state index in [1.165, 1.54) is 0 Å². The van der Waals surface area contributed by atoms with Crippen LogP contribution in [0, 0.1) is 17.8 Å². The summed E-state index contributed by atoms with van der Waals surface area (Å²) in [5.41, 5.74) is 3.24. The van der Waals surface area contributed by atoms with E-state index in [4.69, 9.17) is 16.3 Å². The second kappa shape index (κ2) is 13.2. The van der Waals surface area contributed by atoms with Gasteiger partial charge in [0.1, 0.15) is 18.1 Å². The molecule has 2 heterocycles. The highest BCUT2D eigenvalue weighted by atomic mass is 35.5. The molecule has 0 spiro atoms. The number of halogens is 1. The van der Waals surface area contributed by atoms with Crippen molar-refractivity contribution in [3.63, 3.8) is 0 Å². The van der Waals surface area contributed by atoms with Crippen LogP contribution in [0.3, 0.4) is 0 Å². The van der Waals surface area contributed by atoms with Crippen molar-refractivity contribution >= 4 is 39.0 Å². The molecule has 1 N–H and O–H groups in total. The molecule has 3 aliphatic rings. The summed E-state index contributed by atoms with van der Waals surface area (Å²) in [5.74, 6) is 0.168. The third-order valence-corrected chi connectivity index (χ3v) is 12.0. The van der Waals surface area contributed by atoms with E-state index in [9.17, 15) is 18.0 Å². The molecule has 234 valence electrons. The smallest absolute Gasteiger partial charge is 0.264 e. The van der Waals surface area contributed by atoms with Crippen molar-refractivity contribution in [3.8, 4) is 5.75 Å². The minimum absolute atomic E-state index is 0.0211. The fraction of sp³-hybridized carbons (Fsp3) is 0.576. The van der Waals surface area contributed by atoms with Crippen LogP contribution in [-0.2, 0) is 27.8 Å². The summed E-state index contributed by atoms with van der Waals surface area (Å²) in [5, 5.41) is -0.113. The van der Waals surface area contributed by atoms with E-state index in [2.05, 4.69) is 9.62 Å². The van der Waals surface area contributed by atoms with Crippen molar-refractivity contribution in [1.29, 1.82) is 0 Å². The molecule has 0 unspecified atom stereocenters. The van der Waals surface area contributed by atoms with Crippen LogP contribution in [0.15, 0.2) is 36.4 Å². The van der Waals surface area contributed by atoms with Gasteiger partial charge in [0.05, 0.1) is 10.9 Å². The van der Waals surface area contributed by atoms with Gasteiger partial charge in [-0.15, -0.1) is 0 Å². The molecule has 43 heavy (non-hydrogen) atoms. The maximum absolute atomic E-state index is 13.7. The van der Waals surface area contributed by atoms with Gasteiger partial charge < -0.3 is 14.5 Å². The third kappa shape index (κ3) is 7.21. The normalized spacial score (nSPS) is 28.4. The molecule has 8 nitrogen and oxygen atoms in total. The molecule has 10 heteroatoms. The number of aryl methyl sites for hydroxylation is 1. The Morgan fingerprint density at radius 3 is 2.53 bits per heavy atom. The van der Waals surface area contributed by atoms with E-state index >= 15 is 0 Å². The van der Waals surface area contributed by atoms with Crippen LogP contribution in [0.2, 0.25) is 5.02 Å². The molecule has 2 aromatic rings. The molecule has 1 saturated carbocycles. The molecular formula is C33H44ClN3O5S. The summed E-state index contributed by atoms with van der Waals surface area (Å²) in [7, 11) is -0.0831. The first-order chi connectivity index (χ1) is 20.4. The molecule has 1 fully saturated rings. The summed E-state index contributed by atoms with van der Waals surface area (Å²) in [4.78, 5) is 31.3. The van der Waals surface area contributed by atoms with E-state index < -0.39 is 21.2 Å². The number of amides is 1. The average Bonchev–Trinajstić information content (AvgIpc) is 2.96. The molecule has 1 amide bonds. The van der Waals surface area contributed by atoms with Gasteiger partial charge in [-0.3, -0.25) is 9.59 Å². The fourth-order valence-electron chi connectivity index (χ4n) is 6.64. The van der Waals surface area contributed by atoms with Gasteiger partial charge in [0, 0.05) is 42.1 Å². The zero-order valence-corrected chi connectivity index (χ0v) is 27.2.